The molecule has 4 aromatic heterocycles. The average molecular weight is 448 g/mol. The summed E-state index contributed by atoms with van der Waals surface area (Å²) < 4.78 is 5.04. The summed E-state index contributed by atoms with van der Waals surface area (Å²) in [6.07, 6.45) is 5.39. The number of imidazole rings is 1. The molecule has 0 aliphatic carbocycles. The van der Waals surface area contributed by atoms with E-state index in [1.165, 1.54) is 0 Å². The number of anilines is 1. The van der Waals surface area contributed by atoms with Gasteiger partial charge in [-0.15, -0.1) is 0 Å². The van der Waals surface area contributed by atoms with Crippen LogP contribution >= 0.6 is 11.6 Å². The zero-order chi connectivity index (χ0) is 22.6. The summed E-state index contributed by atoms with van der Waals surface area (Å²) in [4.78, 5) is 22.3. The first-order valence-corrected chi connectivity index (χ1v) is 10.7. The van der Waals surface area contributed by atoms with Gasteiger partial charge in [0.15, 0.2) is 0 Å². The molecule has 0 saturated carbocycles. The predicted molar refractivity (Wildman–Crippen MR) is 128 cm³/mol. The third-order valence-electron chi connectivity index (χ3n) is 5.63. The SMILES string of the molecule is CCNc1ncc(-c2ccc3ncc4c(c3c2)n(-c2cn(C)nc2C)c(=O)n4C)cc1Cl. The number of aromatic nitrogens is 6. The maximum atomic E-state index is 13.2. The fourth-order valence-corrected chi connectivity index (χ4v) is 4.33. The highest BCUT2D eigenvalue weighted by Crippen LogP contribution is 2.32. The van der Waals surface area contributed by atoms with Crippen LogP contribution in [0.4, 0.5) is 5.82 Å². The predicted octanol–water partition coefficient (Wildman–Crippen LogP) is 4.07. The standard InChI is InChI=1S/C23H22ClN7O/c1-5-25-22-17(24)9-15(10-27-22)14-6-7-18-16(8-14)21-19(11-26-18)30(4)23(32)31(21)20-12-29(3)28-13(20)2/h6-12H,5H2,1-4H3,(H,25,27). The van der Waals surface area contributed by atoms with E-state index in [4.69, 9.17) is 11.6 Å². The zero-order valence-electron chi connectivity index (χ0n) is 18.2. The molecular weight excluding hydrogens is 426 g/mol. The highest BCUT2D eigenvalue weighted by atomic mass is 35.5. The van der Waals surface area contributed by atoms with E-state index >= 15 is 0 Å². The van der Waals surface area contributed by atoms with Crippen LogP contribution in [0.2, 0.25) is 5.02 Å². The maximum Gasteiger partial charge on any atom is 0.333 e. The van der Waals surface area contributed by atoms with Gasteiger partial charge < -0.3 is 5.32 Å². The number of benzene rings is 1. The fraction of sp³-hybridized carbons (Fsp3) is 0.217. The molecule has 0 amide bonds. The molecule has 9 heteroatoms. The first kappa shape index (κ1) is 20.3. The van der Waals surface area contributed by atoms with Crippen molar-refractivity contribution >= 4 is 39.4 Å². The Morgan fingerprint density at radius 1 is 1.09 bits per heavy atom. The second-order valence-electron chi connectivity index (χ2n) is 7.76. The van der Waals surface area contributed by atoms with Crippen molar-refractivity contribution in [3.05, 3.63) is 64.1 Å². The van der Waals surface area contributed by atoms with Gasteiger partial charge in [-0.3, -0.25) is 18.8 Å². The van der Waals surface area contributed by atoms with Crippen LogP contribution in [-0.2, 0) is 14.1 Å². The molecule has 0 atom stereocenters. The molecule has 162 valence electrons. The summed E-state index contributed by atoms with van der Waals surface area (Å²) in [6, 6.07) is 7.87. The van der Waals surface area contributed by atoms with Gasteiger partial charge in [-0.2, -0.15) is 5.10 Å². The number of rotatable bonds is 4. The van der Waals surface area contributed by atoms with Crippen LogP contribution < -0.4 is 11.0 Å². The number of hydrogen-bond acceptors (Lipinski definition) is 5. The summed E-state index contributed by atoms with van der Waals surface area (Å²) in [7, 11) is 3.60. The van der Waals surface area contributed by atoms with Gasteiger partial charge in [0, 0.05) is 44.0 Å². The molecule has 0 radical (unpaired) electrons. The van der Waals surface area contributed by atoms with Crippen molar-refractivity contribution in [1.29, 1.82) is 0 Å². The normalized spacial score (nSPS) is 11.5. The van der Waals surface area contributed by atoms with Crippen LogP contribution in [0.1, 0.15) is 12.6 Å². The van der Waals surface area contributed by atoms with E-state index in [0.717, 1.165) is 51.0 Å². The molecule has 0 fully saturated rings. The van der Waals surface area contributed by atoms with Crippen LogP contribution in [0.25, 0.3) is 38.8 Å². The van der Waals surface area contributed by atoms with E-state index < -0.39 is 0 Å². The number of hydrogen-bond donors (Lipinski definition) is 1. The van der Waals surface area contributed by atoms with Gasteiger partial charge in [0.05, 0.1) is 39.2 Å². The van der Waals surface area contributed by atoms with Crippen molar-refractivity contribution in [2.24, 2.45) is 14.1 Å². The molecule has 0 bridgehead atoms. The van der Waals surface area contributed by atoms with Crippen LogP contribution in [0.3, 0.4) is 0 Å². The Kier molecular flexibility index (Phi) is 4.74. The van der Waals surface area contributed by atoms with Crippen molar-refractivity contribution < 1.29 is 0 Å². The number of halogens is 1. The van der Waals surface area contributed by atoms with Gasteiger partial charge in [0.25, 0.3) is 0 Å². The van der Waals surface area contributed by atoms with Gasteiger partial charge >= 0.3 is 5.69 Å². The Balaban J connectivity index is 1.80. The van der Waals surface area contributed by atoms with E-state index in [9.17, 15) is 4.79 Å². The lowest BCUT2D eigenvalue weighted by atomic mass is 10.0. The minimum Gasteiger partial charge on any atom is -0.369 e. The number of nitrogens with zero attached hydrogens (tertiary/aromatic N) is 6. The molecule has 32 heavy (non-hydrogen) atoms. The first-order valence-electron chi connectivity index (χ1n) is 10.3. The highest BCUT2D eigenvalue weighted by Gasteiger charge is 2.19. The second-order valence-corrected chi connectivity index (χ2v) is 8.17. The fourth-order valence-electron chi connectivity index (χ4n) is 4.10. The molecule has 0 saturated heterocycles. The monoisotopic (exact) mass is 447 g/mol. The van der Waals surface area contributed by atoms with E-state index in [-0.39, 0.29) is 5.69 Å². The first-order chi connectivity index (χ1) is 15.4. The number of aryl methyl sites for hydroxylation is 3. The lowest BCUT2D eigenvalue weighted by Crippen LogP contribution is -2.21. The third kappa shape index (κ3) is 3.06. The molecule has 5 rings (SSSR count). The summed E-state index contributed by atoms with van der Waals surface area (Å²) >= 11 is 6.43. The lowest BCUT2D eigenvalue weighted by Gasteiger charge is -2.09. The van der Waals surface area contributed by atoms with E-state index in [2.05, 4.69) is 20.4 Å². The van der Waals surface area contributed by atoms with Crippen molar-refractivity contribution in [2.75, 3.05) is 11.9 Å². The smallest absolute Gasteiger partial charge is 0.333 e. The minimum atomic E-state index is -0.143. The Labute approximate surface area is 189 Å². The molecule has 1 aromatic carbocycles. The summed E-state index contributed by atoms with van der Waals surface area (Å²) in [6.45, 7) is 4.64. The zero-order valence-corrected chi connectivity index (χ0v) is 19.0. The van der Waals surface area contributed by atoms with Crippen LogP contribution in [0.5, 0.6) is 0 Å². The molecule has 0 spiro atoms. The largest absolute Gasteiger partial charge is 0.369 e. The molecule has 8 nitrogen and oxygen atoms in total. The Morgan fingerprint density at radius 2 is 1.91 bits per heavy atom. The van der Waals surface area contributed by atoms with Gasteiger partial charge in [-0.05, 0) is 37.6 Å². The van der Waals surface area contributed by atoms with E-state index in [1.807, 2.05) is 51.4 Å². The molecule has 1 N–H and O–H groups in total. The van der Waals surface area contributed by atoms with Crippen molar-refractivity contribution in [2.45, 2.75) is 13.8 Å². The van der Waals surface area contributed by atoms with Crippen LogP contribution in [0, 0.1) is 6.92 Å². The molecule has 5 aromatic rings. The third-order valence-corrected chi connectivity index (χ3v) is 5.92. The summed E-state index contributed by atoms with van der Waals surface area (Å²) in [5, 5.41) is 9.00. The molecular formula is C23H22ClN7O. The second kappa shape index (κ2) is 7.49. The summed E-state index contributed by atoms with van der Waals surface area (Å²) in [5.74, 6) is 0.659. The maximum absolute atomic E-state index is 13.2. The number of pyridine rings is 2. The van der Waals surface area contributed by atoms with Crippen molar-refractivity contribution in [1.82, 2.24) is 28.9 Å². The molecule has 0 unspecified atom stereocenters. The van der Waals surface area contributed by atoms with E-state index in [0.29, 0.717) is 10.8 Å². The van der Waals surface area contributed by atoms with Crippen molar-refractivity contribution in [3.63, 3.8) is 0 Å². The Bertz CT molecular complexity index is 1560. The van der Waals surface area contributed by atoms with Gasteiger partial charge in [0.2, 0.25) is 0 Å². The molecule has 0 aliphatic rings. The Morgan fingerprint density at radius 3 is 2.59 bits per heavy atom. The van der Waals surface area contributed by atoms with Crippen molar-refractivity contribution in [3.8, 4) is 16.8 Å². The topological polar surface area (TPSA) is 82.6 Å². The van der Waals surface area contributed by atoms with Gasteiger partial charge in [-0.25, -0.2) is 9.78 Å². The van der Waals surface area contributed by atoms with E-state index in [1.54, 1.807) is 33.3 Å². The van der Waals surface area contributed by atoms with Gasteiger partial charge in [0.1, 0.15) is 5.82 Å². The minimum absolute atomic E-state index is 0.143. The average Bonchev–Trinajstić information content (AvgIpc) is 3.24. The molecule has 0 aliphatic heterocycles. The van der Waals surface area contributed by atoms with Gasteiger partial charge in [-0.1, -0.05) is 17.7 Å². The number of nitrogens with one attached hydrogen (secondary N) is 1. The number of fused-ring (bicyclic) bond motifs is 3. The molecule has 4 heterocycles. The summed E-state index contributed by atoms with van der Waals surface area (Å²) in [5.41, 5.74) is 5.55. The quantitative estimate of drug-likeness (QED) is 0.449. The Hall–Kier alpha value is -3.65. The van der Waals surface area contributed by atoms with Crippen LogP contribution in [0.15, 0.2) is 47.7 Å². The lowest BCUT2D eigenvalue weighted by molar-refractivity contribution is 0.756. The highest BCUT2D eigenvalue weighted by molar-refractivity contribution is 6.33. The van der Waals surface area contributed by atoms with Crippen LogP contribution in [-0.4, -0.2) is 35.4 Å².